The highest BCUT2D eigenvalue weighted by atomic mass is 16.6. The van der Waals surface area contributed by atoms with Gasteiger partial charge in [-0.1, -0.05) is 30.3 Å². The molecule has 1 aliphatic heterocycles. The van der Waals surface area contributed by atoms with Crippen molar-refractivity contribution in [2.24, 2.45) is 17.8 Å². The van der Waals surface area contributed by atoms with Gasteiger partial charge in [0, 0.05) is 36.8 Å². The maximum Gasteiger partial charge on any atom is 0.412 e. The molecule has 0 bridgehead atoms. The van der Waals surface area contributed by atoms with Crippen LogP contribution in [0.1, 0.15) is 86.6 Å². The lowest BCUT2D eigenvalue weighted by Gasteiger charge is -2.50. The van der Waals surface area contributed by atoms with E-state index in [2.05, 4.69) is 17.4 Å². The van der Waals surface area contributed by atoms with Gasteiger partial charge in [0.15, 0.2) is 0 Å². The first-order valence-corrected chi connectivity index (χ1v) is 13.6. The number of nitrogens with zero attached hydrogens (tertiary/aromatic N) is 1. The summed E-state index contributed by atoms with van der Waals surface area (Å²) in [6, 6.07) is 10.2. The SMILES string of the molecule is CC(C)(C)NC(=O)C1CCC(=O)CC1CC1OC(C)(C)N(C(=O)OC(C)(C)C)CC1Cc1ccccc1. The fourth-order valence-electron chi connectivity index (χ4n) is 5.51. The first-order valence-electron chi connectivity index (χ1n) is 13.6. The van der Waals surface area contributed by atoms with Crippen LogP contribution < -0.4 is 5.32 Å². The molecule has 2 fully saturated rings. The van der Waals surface area contributed by atoms with E-state index in [1.807, 2.05) is 73.6 Å². The van der Waals surface area contributed by atoms with Crippen molar-refractivity contribution in [1.29, 1.82) is 0 Å². The summed E-state index contributed by atoms with van der Waals surface area (Å²) < 4.78 is 12.4. The Bertz CT molecular complexity index is 960. The van der Waals surface area contributed by atoms with E-state index in [1.54, 1.807) is 4.90 Å². The summed E-state index contributed by atoms with van der Waals surface area (Å²) in [6.45, 7) is 15.7. The van der Waals surface area contributed by atoms with Crippen LogP contribution in [0.3, 0.4) is 0 Å². The van der Waals surface area contributed by atoms with E-state index in [-0.39, 0.29) is 41.1 Å². The first kappa shape index (κ1) is 29.2. The molecule has 7 heteroatoms. The molecule has 2 aliphatic rings. The molecule has 37 heavy (non-hydrogen) atoms. The van der Waals surface area contributed by atoms with Gasteiger partial charge in [0.25, 0.3) is 0 Å². The highest BCUT2D eigenvalue weighted by Gasteiger charge is 2.47. The van der Waals surface area contributed by atoms with Gasteiger partial charge < -0.3 is 14.8 Å². The predicted octanol–water partition coefficient (Wildman–Crippen LogP) is 5.51. The number of carbonyl (C=O) groups is 3. The molecule has 2 amide bonds. The van der Waals surface area contributed by atoms with Crippen LogP contribution >= 0.6 is 0 Å². The van der Waals surface area contributed by atoms with Crippen LogP contribution in [-0.2, 0) is 25.5 Å². The number of Topliss-reactive ketones (excluding diaryl/α,β-unsaturated/α-hetero) is 1. The second-order valence-electron chi connectivity index (χ2n) is 13.3. The third kappa shape index (κ3) is 8.29. The molecule has 4 atom stereocenters. The van der Waals surface area contributed by atoms with Crippen LogP contribution in [0.2, 0.25) is 0 Å². The van der Waals surface area contributed by atoms with Crippen molar-refractivity contribution in [2.75, 3.05) is 6.54 Å². The van der Waals surface area contributed by atoms with Gasteiger partial charge in [-0.15, -0.1) is 0 Å². The van der Waals surface area contributed by atoms with E-state index in [0.717, 1.165) is 12.0 Å². The zero-order valence-corrected chi connectivity index (χ0v) is 23.9. The monoisotopic (exact) mass is 514 g/mol. The molecule has 1 aromatic rings. The van der Waals surface area contributed by atoms with Crippen molar-refractivity contribution in [1.82, 2.24) is 10.2 Å². The van der Waals surface area contributed by atoms with Crippen molar-refractivity contribution in [2.45, 2.75) is 110 Å². The first-order chi connectivity index (χ1) is 17.0. The Morgan fingerprint density at radius 3 is 2.32 bits per heavy atom. The van der Waals surface area contributed by atoms with Crippen molar-refractivity contribution in [3.63, 3.8) is 0 Å². The van der Waals surface area contributed by atoms with E-state index < -0.39 is 17.4 Å². The lowest BCUT2D eigenvalue weighted by molar-refractivity contribution is -0.216. The van der Waals surface area contributed by atoms with Crippen LogP contribution in [0.4, 0.5) is 4.79 Å². The molecule has 206 valence electrons. The minimum absolute atomic E-state index is 0.00806. The number of hydrogen-bond donors (Lipinski definition) is 1. The number of ketones is 1. The van der Waals surface area contributed by atoms with Gasteiger partial charge in [-0.05, 0) is 86.1 Å². The molecule has 0 aromatic heterocycles. The van der Waals surface area contributed by atoms with Crippen molar-refractivity contribution in [3.8, 4) is 0 Å². The molecule has 0 spiro atoms. The molecule has 4 unspecified atom stereocenters. The van der Waals surface area contributed by atoms with Crippen molar-refractivity contribution < 1.29 is 23.9 Å². The summed E-state index contributed by atoms with van der Waals surface area (Å²) in [4.78, 5) is 40.6. The van der Waals surface area contributed by atoms with Crippen LogP contribution in [-0.4, -0.2) is 52.2 Å². The summed E-state index contributed by atoms with van der Waals surface area (Å²) in [5, 5.41) is 3.12. The van der Waals surface area contributed by atoms with E-state index in [0.29, 0.717) is 32.2 Å². The second kappa shape index (κ2) is 11.1. The standard InChI is InChI=1S/C30H46N2O5/c1-28(2,3)31-26(34)24-15-14-23(33)17-21(24)18-25-22(16-20-12-10-9-11-13-20)19-32(30(7,8)36-25)27(35)37-29(4,5)6/h9-13,21-22,24-25H,14-19H2,1-8H3,(H,31,34). The average Bonchev–Trinajstić information content (AvgIpc) is 2.73. The Morgan fingerprint density at radius 2 is 1.73 bits per heavy atom. The Kier molecular flexibility index (Phi) is 8.78. The van der Waals surface area contributed by atoms with Crippen molar-refractivity contribution in [3.05, 3.63) is 35.9 Å². The summed E-state index contributed by atoms with van der Waals surface area (Å²) in [6.07, 6.45) is 2.09. The smallest absolute Gasteiger partial charge is 0.412 e. The topological polar surface area (TPSA) is 84.9 Å². The van der Waals surface area contributed by atoms with Crippen molar-refractivity contribution >= 4 is 17.8 Å². The number of rotatable bonds is 5. The number of amides is 2. The van der Waals surface area contributed by atoms with Gasteiger partial charge in [-0.25, -0.2) is 4.79 Å². The molecule has 1 N–H and O–H groups in total. The molecule has 7 nitrogen and oxygen atoms in total. The molecule has 1 saturated carbocycles. The Labute approximate surface area is 222 Å². The maximum atomic E-state index is 13.2. The molecular formula is C30H46N2O5. The van der Waals surface area contributed by atoms with Crippen LogP contribution in [0.5, 0.6) is 0 Å². The van der Waals surface area contributed by atoms with Gasteiger partial charge in [0.1, 0.15) is 17.1 Å². The number of hydrogen-bond acceptors (Lipinski definition) is 5. The molecule has 3 rings (SSSR count). The lowest BCUT2D eigenvalue weighted by Crippen LogP contribution is -2.61. The molecule has 1 aliphatic carbocycles. The molecule has 1 heterocycles. The van der Waals surface area contributed by atoms with Gasteiger partial charge in [-0.2, -0.15) is 0 Å². The van der Waals surface area contributed by atoms with E-state index in [1.165, 1.54) is 0 Å². The number of ether oxygens (including phenoxy) is 2. The number of nitrogens with one attached hydrogen (secondary N) is 1. The third-order valence-electron chi connectivity index (χ3n) is 7.15. The zero-order valence-electron chi connectivity index (χ0n) is 23.9. The second-order valence-corrected chi connectivity index (χ2v) is 13.3. The minimum atomic E-state index is -0.887. The molecule has 1 saturated heterocycles. The Morgan fingerprint density at radius 1 is 1.08 bits per heavy atom. The summed E-state index contributed by atoms with van der Waals surface area (Å²) >= 11 is 0. The fraction of sp³-hybridized carbons (Fsp3) is 0.700. The third-order valence-corrected chi connectivity index (χ3v) is 7.15. The summed E-state index contributed by atoms with van der Waals surface area (Å²) in [7, 11) is 0. The zero-order chi connectivity index (χ0) is 27.6. The van der Waals surface area contributed by atoms with E-state index >= 15 is 0 Å². The quantitative estimate of drug-likeness (QED) is 0.560. The van der Waals surface area contributed by atoms with Crippen LogP contribution in [0.15, 0.2) is 30.3 Å². The Balaban J connectivity index is 1.87. The van der Waals surface area contributed by atoms with Gasteiger partial charge in [0.2, 0.25) is 5.91 Å². The van der Waals surface area contributed by atoms with E-state index in [4.69, 9.17) is 9.47 Å². The van der Waals surface area contributed by atoms with Crippen LogP contribution in [0.25, 0.3) is 0 Å². The van der Waals surface area contributed by atoms with Gasteiger partial charge in [0.05, 0.1) is 6.10 Å². The summed E-state index contributed by atoms with van der Waals surface area (Å²) in [5.41, 5.74) is -0.681. The fourth-order valence-corrected chi connectivity index (χ4v) is 5.51. The lowest BCUT2D eigenvalue weighted by atomic mass is 9.73. The number of carbonyl (C=O) groups excluding carboxylic acids is 3. The molecule has 0 radical (unpaired) electrons. The average molecular weight is 515 g/mol. The minimum Gasteiger partial charge on any atom is -0.444 e. The van der Waals surface area contributed by atoms with Gasteiger partial charge >= 0.3 is 6.09 Å². The predicted molar refractivity (Wildman–Crippen MR) is 144 cm³/mol. The molecular weight excluding hydrogens is 468 g/mol. The van der Waals surface area contributed by atoms with Gasteiger partial charge in [-0.3, -0.25) is 14.5 Å². The maximum absolute atomic E-state index is 13.2. The van der Waals surface area contributed by atoms with Crippen LogP contribution in [0, 0.1) is 17.8 Å². The largest absolute Gasteiger partial charge is 0.444 e. The normalized spacial score (nSPS) is 26.5. The highest BCUT2D eigenvalue weighted by Crippen LogP contribution is 2.39. The van der Waals surface area contributed by atoms with E-state index in [9.17, 15) is 14.4 Å². The number of benzene rings is 1. The summed E-state index contributed by atoms with van der Waals surface area (Å²) in [5.74, 6) is -0.128. The molecule has 1 aromatic carbocycles. The highest BCUT2D eigenvalue weighted by molar-refractivity contribution is 5.85. The Hall–Kier alpha value is -2.41.